The van der Waals surface area contributed by atoms with Crippen LogP contribution in [0, 0.1) is 0 Å². The minimum absolute atomic E-state index is 0.269. The summed E-state index contributed by atoms with van der Waals surface area (Å²) in [7, 11) is 0. The molecule has 0 saturated heterocycles. The summed E-state index contributed by atoms with van der Waals surface area (Å²) in [6.45, 7) is 1.98. The molecule has 0 saturated carbocycles. The largest absolute Gasteiger partial charge is 0.466 e. The van der Waals surface area contributed by atoms with Crippen LogP contribution in [0.1, 0.15) is 13.3 Å². The molecule has 1 aromatic carbocycles. The maximum Gasteiger partial charge on any atom is 0.315 e. The van der Waals surface area contributed by atoms with Crippen LogP contribution in [0.3, 0.4) is 0 Å². The molecule has 0 fully saturated rings. The third-order valence-electron chi connectivity index (χ3n) is 2.48. The van der Waals surface area contributed by atoms with E-state index in [1.54, 1.807) is 19.2 Å². The Morgan fingerprint density at radius 2 is 2.17 bits per heavy atom. The highest BCUT2D eigenvalue weighted by Crippen LogP contribution is 2.22. The predicted molar refractivity (Wildman–Crippen MR) is 68.2 cm³/mol. The molecule has 5 heteroatoms. The van der Waals surface area contributed by atoms with E-state index >= 15 is 0 Å². The minimum atomic E-state index is -0.517. The molecule has 94 valence electrons. The average Bonchev–Trinajstić information content (AvgIpc) is 2.78. The number of H-pyrrole nitrogens is 1. The van der Waals surface area contributed by atoms with E-state index in [-0.39, 0.29) is 18.9 Å². The van der Waals surface area contributed by atoms with E-state index in [1.165, 1.54) is 0 Å². The van der Waals surface area contributed by atoms with E-state index in [1.807, 2.05) is 18.2 Å². The monoisotopic (exact) mass is 246 g/mol. The van der Waals surface area contributed by atoms with Crippen molar-refractivity contribution in [2.75, 3.05) is 11.9 Å². The summed E-state index contributed by atoms with van der Waals surface area (Å²) in [6.07, 6.45) is 1.53. The first-order valence-electron chi connectivity index (χ1n) is 5.72. The van der Waals surface area contributed by atoms with Gasteiger partial charge in [0.05, 0.1) is 12.3 Å². The number of nitrogens with one attached hydrogen (secondary N) is 2. The number of esters is 1. The normalized spacial score (nSPS) is 10.3. The molecule has 0 unspecified atom stereocenters. The predicted octanol–water partition coefficient (Wildman–Crippen LogP) is 2.06. The van der Waals surface area contributed by atoms with E-state index < -0.39 is 5.97 Å². The van der Waals surface area contributed by atoms with Gasteiger partial charge in [-0.2, -0.15) is 0 Å². The Bertz CT molecular complexity index is 574. The second-order valence-corrected chi connectivity index (χ2v) is 3.77. The standard InChI is InChI=1S/C13H14N2O3/c1-2-18-13(17)8-12(16)15-11-5-3-4-10-9(11)6-7-14-10/h3-7,14H,2,8H2,1H3,(H,15,16). The van der Waals surface area contributed by atoms with Crippen molar-refractivity contribution < 1.29 is 14.3 Å². The summed E-state index contributed by atoms with van der Waals surface area (Å²) in [5.74, 6) is -0.890. The quantitative estimate of drug-likeness (QED) is 0.640. The number of hydrogen-bond acceptors (Lipinski definition) is 3. The molecule has 0 aliphatic carbocycles. The number of rotatable bonds is 4. The van der Waals surface area contributed by atoms with Crippen molar-refractivity contribution in [2.24, 2.45) is 0 Å². The number of anilines is 1. The van der Waals surface area contributed by atoms with Gasteiger partial charge in [-0.3, -0.25) is 9.59 Å². The molecule has 0 radical (unpaired) electrons. The third kappa shape index (κ3) is 2.68. The molecule has 0 bridgehead atoms. The topological polar surface area (TPSA) is 71.2 Å². The molecule has 0 spiro atoms. The van der Waals surface area contributed by atoms with Gasteiger partial charge in [0.25, 0.3) is 0 Å². The number of benzene rings is 1. The van der Waals surface area contributed by atoms with Gasteiger partial charge in [0.1, 0.15) is 6.42 Å². The Labute approximate surface area is 104 Å². The van der Waals surface area contributed by atoms with Gasteiger partial charge in [0, 0.05) is 17.1 Å². The van der Waals surface area contributed by atoms with Crippen LogP contribution in [-0.4, -0.2) is 23.5 Å². The first kappa shape index (κ1) is 12.2. The molecule has 1 aromatic heterocycles. The lowest BCUT2D eigenvalue weighted by Gasteiger charge is -2.06. The zero-order valence-electron chi connectivity index (χ0n) is 10.0. The van der Waals surface area contributed by atoms with Gasteiger partial charge < -0.3 is 15.0 Å². The molecule has 2 aromatic rings. The smallest absolute Gasteiger partial charge is 0.315 e. The molecule has 1 amide bonds. The van der Waals surface area contributed by atoms with Crippen molar-refractivity contribution in [2.45, 2.75) is 13.3 Å². The summed E-state index contributed by atoms with van der Waals surface area (Å²) < 4.78 is 4.72. The lowest BCUT2D eigenvalue weighted by Crippen LogP contribution is -2.18. The van der Waals surface area contributed by atoms with Crippen molar-refractivity contribution in [3.8, 4) is 0 Å². The van der Waals surface area contributed by atoms with Crippen LogP contribution >= 0.6 is 0 Å². The molecular weight excluding hydrogens is 232 g/mol. The van der Waals surface area contributed by atoms with Crippen LogP contribution < -0.4 is 5.32 Å². The van der Waals surface area contributed by atoms with Gasteiger partial charge in [-0.25, -0.2) is 0 Å². The van der Waals surface area contributed by atoms with Crippen LogP contribution in [-0.2, 0) is 14.3 Å². The molecule has 0 atom stereocenters. The van der Waals surface area contributed by atoms with Crippen molar-refractivity contribution in [3.05, 3.63) is 30.5 Å². The number of amides is 1. The fourth-order valence-electron chi connectivity index (χ4n) is 1.73. The van der Waals surface area contributed by atoms with Gasteiger partial charge in [0.15, 0.2) is 0 Å². The number of fused-ring (bicyclic) bond motifs is 1. The van der Waals surface area contributed by atoms with Crippen LogP contribution in [0.2, 0.25) is 0 Å². The summed E-state index contributed by atoms with van der Waals surface area (Å²) >= 11 is 0. The lowest BCUT2D eigenvalue weighted by atomic mass is 10.2. The van der Waals surface area contributed by atoms with Crippen LogP contribution in [0.15, 0.2) is 30.5 Å². The summed E-state index contributed by atoms with van der Waals surface area (Å²) in [4.78, 5) is 25.9. The number of carbonyl (C=O) groups excluding carboxylic acids is 2. The average molecular weight is 246 g/mol. The fourth-order valence-corrected chi connectivity index (χ4v) is 1.73. The van der Waals surface area contributed by atoms with Crippen LogP contribution in [0.5, 0.6) is 0 Å². The highest BCUT2D eigenvalue weighted by Gasteiger charge is 2.11. The zero-order chi connectivity index (χ0) is 13.0. The van der Waals surface area contributed by atoms with Crippen molar-refractivity contribution in [1.29, 1.82) is 0 Å². The molecule has 0 aliphatic heterocycles. The fraction of sp³-hybridized carbons (Fsp3) is 0.231. The maximum atomic E-state index is 11.6. The molecule has 18 heavy (non-hydrogen) atoms. The molecule has 2 rings (SSSR count). The summed E-state index contributed by atoms with van der Waals surface area (Å²) in [5.41, 5.74) is 1.62. The van der Waals surface area contributed by atoms with Gasteiger partial charge in [0.2, 0.25) is 5.91 Å². The van der Waals surface area contributed by atoms with Crippen molar-refractivity contribution in [1.82, 2.24) is 4.98 Å². The van der Waals surface area contributed by atoms with Crippen LogP contribution in [0.25, 0.3) is 10.9 Å². The number of ether oxygens (including phenoxy) is 1. The molecule has 5 nitrogen and oxygen atoms in total. The van der Waals surface area contributed by atoms with Crippen molar-refractivity contribution in [3.63, 3.8) is 0 Å². The second kappa shape index (κ2) is 5.35. The molecular formula is C13H14N2O3. The third-order valence-corrected chi connectivity index (χ3v) is 2.48. The van der Waals surface area contributed by atoms with Gasteiger partial charge in [-0.05, 0) is 25.1 Å². The van der Waals surface area contributed by atoms with Gasteiger partial charge in [-0.15, -0.1) is 0 Å². The number of aromatic nitrogens is 1. The Kier molecular flexibility index (Phi) is 3.62. The molecule has 1 heterocycles. The SMILES string of the molecule is CCOC(=O)CC(=O)Nc1cccc2[nH]ccc12. The van der Waals surface area contributed by atoms with Crippen molar-refractivity contribution >= 4 is 28.5 Å². The van der Waals surface area contributed by atoms with Gasteiger partial charge >= 0.3 is 5.97 Å². The van der Waals surface area contributed by atoms with E-state index in [2.05, 4.69) is 10.3 Å². The highest BCUT2D eigenvalue weighted by atomic mass is 16.5. The van der Waals surface area contributed by atoms with Gasteiger partial charge in [-0.1, -0.05) is 6.07 Å². The summed E-state index contributed by atoms with van der Waals surface area (Å²) in [6, 6.07) is 7.41. The number of aromatic amines is 1. The Morgan fingerprint density at radius 1 is 1.33 bits per heavy atom. The summed E-state index contributed by atoms with van der Waals surface area (Å²) in [5, 5.41) is 3.61. The number of hydrogen-bond donors (Lipinski definition) is 2. The number of carbonyl (C=O) groups is 2. The maximum absolute atomic E-state index is 11.6. The Hall–Kier alpha value is -2.30. The van der Waals surface area contributed by atoms with E-state index in [0.29, 0.717) is 5.69 Å². The Balaban J connectivity index is 2.07. The highest BCUT2D eigenvalue weighted by molar-refractivity contribution is 6.06. The Morgan fingerprint density at radius 3 is 2.94 bits per heavy atom. The minimum Gasteiger partial charge on any atom is -0.466 e. The first-order valence-corrected chi connectivity index (χ1v) is 5.72. The van der Waals surface area contributed by atoms with E-state index in [0.717, 1.165) is 10.9 Å². The van der Waals surface area contributed by atoms with Crippen LogP contribution in [0.4, 0.5) is 5.69 Å². The molecule has 0 aliphatic rings. The second-order valence-electron chi connectivity index (χ2n) is 3.77. The zero-order valence-corrected chi connectivity index (χ0v) is 10.0. The lowest BCUT2D eigenvalue weighted by molar-refractivity contribution is -0.145. The van der Waals surface area contributed by atoms with E-state index in [9.17, 15) is 9.59 Å². The molecule has 2 N–H and O–H groups in total. The van der Waals surface area contributed by atoms with E-state index in [4.69, 9.17) is 4.74 Å². The first-order chi connectivity index (χ1) is 8.70.